The molecule has 0 spiro atoms. The van der Waals surface area contributed by atoms with E-state index in [1.54, 1.807) is 0 Å². The lowest BCUT2D eigenvalue weighted by Crippen LogP contribution is -2.45. The lowest BCUT2D eigenvalue weighted by atomic mass is 9.74. The summed E-state index contributed by atoms with van der Waals surface area (Å²) in [5.74, 6) is 0.571. The van der Waals surface area contributed by atoms with Gasteiger partial charge in [-0.1, -0.05) is 51.4 Å². The van der Waals surface area contributed by atoms with E-state index in [9.17, 15) is 20.4 Å². The summed E-state index contributed by atoms with van der Waals surface area (Å²) < 4.78 is 0. The highest BCUT2D eigenvalue weighted by molar-refractivity contribution is 4.89. The molecular weight excluding hydrogens is 454 g/mol. The van der Waals surface area contributed by atoms with Gasteiger partial charge in [0.05, 0.1) is 24.4 Å². The van der Waals surface area contributed by atoms with Crippen LogP contribution in [0.4, 0.5) is 0 Å². The van der Waals surface area contributed by atoms with Gasteiger partial charge in [0.1, 0.15) is 0 Å². The Hall–Kier alpha value is -0.280. The lowest BCUT2D eigenvalue weighted by Gasteiger charge is -2.41. The molecule has 2 aliphatic carbocycles. The van der Waals surface area contributed by atoms with E-state index in [-0.39, 0.29) is 23.7 Å². The Labute approximate surface area is 221 Å². The Morgan fingerprint density at radius 3 is 1.17 bits per heavy atom. The molecule has 0 heterocycles. The summed E-state index contributed by atoms with van der Waals surface area (Å²) in [6, 6.07) is 0. The Morgan fingerprint density at radius 2 is 0.833 bits per heavy atom. The van der Waals surface area contributed by atoms with Crippen LogP contribution in [0.1, 0.15) is 103 Å². The lowest BCUT2D eigenvalue weighted by molar-refractivity contribution is -0.0615. The fourth-order valence-electron chi connectivity index (χ4n) is 6.90. The summed E-state index contributed by atoms with van der Waals surface area (Å²) in [7, 11) is 2.10. The summed E-state index contributed by atoms with van der Waals surface area (Å²) in [5, 5.41) is 43.0. The minimum atomic E-state index is -0.425. The molecule has 0 bridgehead atoms. The van der Waals surface area contributed by atoms with E-state index in [1.807, 2.05) is 0 Å². The molecule has 7 nitrogen and oxygen atoms in total. The molecule has 2 saturated carbocycles. The second-order valence-electron chi connectivity index (χ2n) is 12.2. The Balaban J connectivity index is 1.66. The smallest absolute Gasteiger partial charge is 0.0596 e. The highest BCUT2D eigenvalue weighted by atomic mass is 16.3. The Bertz CT molecular complexity index is 485. The summed E-state index contributed by atoms with van der Waals surface area (Å²) >= 11 is 0. The molecule has 0 aromatic heterocycles. The van der Waals surface area contributed by atoms with Gasteiger partial charge >= 0.3 is 0 Å². The van der Waals surface area contributed by atoms with Crippen molar-refractivity contribution in [1.29, 1.82) is 0 Å². The van der Waals surface area contributed by atoms with E-state index in [4.69, 9.17) is 11.5 Å². The van der Waals surface area contributed by atoms with Crippen molar-refractivity contribution in [3.63, 3.8) is 0 Å². The average Bonchev–Trinajstić information content (AvgIpc) is 2.81. The van der Waals surface area contributed by atoms with Crippen molar-refractivity contribution in [2.75, 3.05) is 33.2 Å². The van der Waals surface area contributed by atoms with Crippen molar-refractivity contribution in [1.82, 2.24) is 4.90 Å². The predicted molar refractivity (Wildman–Crippen MR) is 147 cm³/mol. The number of aliphatic hydroxyl groups excluding tert-OH is 4. The molecule has 4 unspecified atom stereocenters. The van der Waals surface area contributed by atoms with Crippen molar-refractivity contribution in [3.05, 3.63) is 0 Å². The second-order valence-corrected chi connectivity index (χ2v) is 12.2. The number of hydrogen-bond acceptors (Lipinski definition) is 7. The van der Waals surface area contributed by atoms with E-state index in [1.165, 1.54) is 25.7 Å². The molecule has 0 aromatic carbocycles. The maximum absolute atomic E-state index is 10.7. The molecule has 214 valence electrons. The van der Waals surface area contributed by atoms with Crippen LogP contribution in [-0.2, 0) is 0 Å². The zero-order valence-corrected chi connectivity index (χ0v) is 23.2. The number of unbranched alkanes of at least 4 members (excludes halogenated alkanes) is 8. The van der Waals surface area contributed by atoms with Crippen molar-refractivity contribution in [2.24, 2.45) is 35.1 Å². The molecule has 2 fully saturated rings. The molecular formula is C29H59N3O4. The molecule has 0 saturated heterocycles. The number of rotatable bonds is 18. The molecule has 0 amide bonds. The van der Waals surface area contributed by atoms with Crippen LogP contribution < -0.4 is 11.5 Å². The van der Waals surface area contributed by atoms with Gasteiger partial charge in [0.25, 0.3) is 0 Å². The van der Waals surface area contributed by atoms with Gasteiger partial charge in [-0.25, -0.2) is 0 Å². The van der Waals surface area contributed by atoms with Crippen LogP contribution >= 0.6 is 0 Å². The monoisotopic (exact) mass is 513 g/mol. The topological polar surface area (TPSA) is 136 Å². The van der Waals surface area contributed by atoms with Crippen LogP contribution in [0.25, 0.3) is 0 Å². The molecule has 2 rings (SSSR count). The van der Waals surface area contributed by atoms with Gasteiger partial charge in [-0.2, -0.15) is 0 Å². The van der Waals surface area contributed by atoms with E-state index in [0.29, 0.717) is 0 Å². The number of hydrogen-bond donors (Lipinski definition) is 6. The molecule has 8 N–H and O–H groups in total. The summed E-state index contributed by atoms with van der Waals surface area (Å²) in [5.41, 5.74) is 11.1. The summed E-state index contributed by atoms with van der Waals surface area (Å²) in [4.78, 5) is 2.28. The van der Waals surface area contributed by atoms with E-state index < -0.39 is 24.4 Å². The van der Waals surface area contributed by atoms with Gasteiger partial charge in [-0.3, -0.25) is 0 Å². The molecule has 2 aliphatic rings. The minimum Gasteiger partial charge on any atom is -0.393 e. The maximum Gasteiger partial charge on any atom is 0.0596 e. The molecule has 36 heavy (non-hydrogen) atoms. The quantitative estimate of drug-likeness (QED) is 0.155. The molecule has 0 aliphatic heterocycles. The molecule has 6 atom stereocenters. The fraction of sp³-hybridized carbons (Fsp3) is 1.00. The standard InChI is InChI=1S/C29H59N3O4/c1-32(20-22-16-26(33)24(27(34)17-22)12-8-4-2-6-10-14-30)21-23-18-28(35)25(29(36)19-23)13-9-5-3-7-11-15-31/h22-29,33-36H,2-21,30-31H2,1H3/t22-,23?,24?,25?,26+,27?,28?,29?/m1/s1. The molecule has 0 radical (unpaired) electrons. The van der Waals surface area contributed by atoms with E-state index >= 15 is 0 Å². The molecule has 7 heteroatoms. The van der Waals surface area contributed by atoms with Gasteiger partial charge in [-0.05, 0) is 83.3 Å². The largest absolute Gasteiger partial charge is 0.393 e. The Morgan fingerprint density at radius 1 is 0.528 bits per heavy atom. The normalized spacial score (nSPS) is 33.3. The number of nitrogens with zero attached hydrogens (tertiary/aromatic N) is 1. The maximum atomic E-state index is 10.7. The number of nitrogens with two attached hydrogens (primary N) is 2. The number of aliphatic hydroxyl groups is 4. The van der Waals surface area contributed by atoms with Gasteiger partial charge in [0, 0.05) is 24.9 Å². The van der Waals surface area contributed by atoms with Crippen LogP contribution in [0.3, 0.4) is 0 Å². The van der Waals surface area contributed by atoms with E-state index in [0.717, 1.165) is 103 Å². The van der Waals surface area contributed by atoms with Gasteiger partial charge in [0.15, 0.2) is 0 Å². The van der Waals surface area contributed by atoms with Gasteiger partial charge in [0.2, 0.25) is 0 Å². The summed E-state index contributed by atoms with van der Waals surface area (Å²) in [6.45, 7) is 3.20. The molecule has 0 aromatic rings. The van der Waals surface area contributed by atoms with Crippen LogP contribution in [0.5, 0.6) is 0 Å². The third kappa shape index (κ3) is 11.6. The predicted octanol–water partition coefficient (Wildman–Crippen LogP) is 3.01. The van der Waals surface area contributed by atoms with Crippen molar-refractivity contribution >= 4 is 0 Å². The average molecular weight is 514 g/mol. The van der Waals surface area contributed by atoms with E-state index in [2.05, 4.69) is 11.9 Å². The highest BCUT2D eigenvalue weighted by Crippen LogP contribution is 2.35. The first-order valence-electron chi connectivity index (χ1n) is 15.2. The fourth-order valence-corrected chi connectivity index (χ4v) is 6.90. The van der Waals surface area contributed by atoms with Crippen LogP contribution in [0.15, 0.2) is 0 Å². The van der Waals surface area contributed by atoms with Crippen LogP contribution in [0.2, 0.25) is 0 Å². The Kier molecular flexibility index (Phi) is 16.0. The van der Waals surface area contributed by atoms with Crippen LogP contribution in [0, 0.1) is 23.7 Å². The van der Waals surface area contributed by atoms with Gasteiger partial charge in [-0.15, -0.1) is 0 Å². The SMILES string of the molecule is CN(CC1CC(O)C(CCCCCCCN)C(O)C1)C[C@H]1CC(O)C(CCCCCCCN)[C@@H](O)C1. The third-order valence-corrected chi connectivity index (χ3v) is 8.90. The zero-order valence-electron chi connectivity index (χ0n) is 23.2. The van der Waals surface area contributed by atoms with Crippen molar-refractivity contribution in [2.45, 2.75) is 127 Å². The minimum absolute atomic E-state index is 0.00213. The first kappa shape index (κ1) is 31.9. The van der Waals surface area contributed by atoms with Gasteiger partial charge < -0.3 is 36.8 Å². The van der Waals surface area contributed by atoms with Crippen molar-refractivity contribution < 1.29 is 20.4 Å². The van der Waals surface area contributed by atoms with Crippen LogP contribution in [-0.4, -0.2) is 83.0 Å². The second kappa shape index (κ2) is 18.1. The summed E-state index contributed by atoms with van der Waals surface area (Å²) in [6.07, 6.45) is 14.4. The zero-order chi connectivity index (χ0) is 26.3. The van der Waals surface area contributed by atoms with Crippen molar-refractivity contribution in [3.8, 4) is 0 Å². The highest BCUT2D eigenvalue weighted by Gasteiger charge is 2.38. The third-order valence-electron chi connectivity index (χ3n) is 8.90. The first-order valence-corrected chi connectivity index (χ1v) is 15.2. The first-order chi connectivity index (χ1) is 17.3.